The van der Waals surface area contributed by atoms with E-state index in [1.807, 2.05) is 18.2 Å². The van der Waals surface area contributed by atoms with Crippen molar-refractivity contribution in [2.45, 2.75) is 45.4 Å². The Morgan fingerprint density at radius 2 is 1.76 bits per heavy atom. The maximum Gasteiger partial charge on any atom is 0.192 e. The van der Waals surface area contributed by atoms with Gasteiger partial charge in [0.05, 0.1) is 13.7 Å². The molecule has 0 amide bonds. The molecule has 0 saturated heterocycles. The van der Waals surface area contributed by atoms with Crippen molar-refractivity contribution in [3.8, 4) is 5.75 Å². The van der Waals surface area contributed by atoms with Gasteiger partial charge in [-0.25, -0.2) is 0 Å². The predicted molar refractivity (Wildman–Crippen MR) is 110 cm³/mol. The van der Waals surface area contributed by atoms with E-state index >= 15 is 0 Å². The molecular weight excluding hydrogens is 326 g/mol. The van der Waals surface area contributed by atoms with E-state index in [4.69, 9.17) is 9.16 Å². The fourth-order valence-electron chi connectivity index (χ4n) is 2.38. The third-order valence-electron chi connectivity index (χ3n) is 5.04. The lowest BCUT2D eigenvalue weighted by molar-refractivity contribution is 0.271. The van der Waals surface area contributed by atoms with E-state index in [9.17, 15) is 0 Å². The standard InChI is InChI=1S/C21H31NO2Si/c1-21(2,3)25(5,6)24-17-16-22-15-9-11-19(22)14-13-18-10-7-8-12-20(18)23-4/h7-15H,16-17H2,1-6H3/b14-13+. The van der Waals surface area contributed by atoms with E-state index in [2.05, 4.69) is 75.0 Å². The minimum atomic E-state index is -1.69. The van der Waals surface area contributed by atoms with Crippen LogP contribution in [0, 0.1) is 0 Å². The van der Waals surface area contributed by atoms with Gasteiger partial charge in [-0.2, -0.15) is 0 Å². The van der Waals surface area contributed by atoms with Crippen molar-refractivity contribution in [2.75, 3.05) is 13.7 Å². The van der Waals surface area contributed by atoms with E-state index in [-0.39, 0.29) is 5.04 Å². The molecule has 1 aromatic heterocycles. The van der Waals surface area contributed by atoms with Crippen LogP contribution in [0.1, 0.15) is 32.0 Å². The molecular formula is C21H31NO2Si. The van der Waals surface area contributed by atoms with Gasteiger partial charge in [-0.1, -0.05) is 39.0 Å². The zero-order chi connectivity index (χ0) is 18.5. The average molecular weight is 358 g/mol. The number of para-hydroxylation sites is 1. The predicted octanol–water partition coefficient (Wildman–Crippen LogP) is 5.69. The summed E-state index contributed by atoms with van der Waals surface area (Å²) in [5.74, 6) is 0.887. The summed E-state index contributed by atoms with van der Waals surface area (Å²) >= 11 is 0. The molecule has 0 spiro atoms. The van der Waals surface area contributed by atoms with Gasteiger partial charge in [-0.3, -0.25) is 0 Å². The molecule has 0 aliphatic heterocycles. The molecule has 0 saturated carbocycles. The summed E-state index contributed by atoms with van der Waals surface area (Å²) in [5.41, 5.74) is 2.25. The van der Waals surface area contributed by atoms with Crippen LogP contribution < -0.4 is 4.74 Å². The quantitative estimate of drug-likeness (QED) is 0.594. The molecule has 3 nitrogen and oxygen atoms in total. The normalized spacial score (nSPS) is 12.7. The van der Waals surface area contributed by atoms with Crippen molar-refractivity contribution in [3.63, 3.8) is 0 Å². The van der Waals surface area contributed by atoms with Crippen molar-refractivity contribution < 1.29 is 9.16 Å². The van der Waals surface area contributed by atoms with E-state index in [1.165, 1.54) is 5.69 Å². The van der Waals surface area contributed by atoms with E-state index in [1.54, 1.807) is 7.11 Å². The number of rotatable bonds is 7. The number of ether oxygens (including phenoxy) is 1. The molecule has 4 heteroatoms. The highest BCUT2D eigenvalue weighted by atomic mass is 28.4. The van der Waals surface area contributed by atoms with Gasteiger partial charge in [-0.15, -0.1) is 0 Å². The van der Waals surface area contributed by atoms with Crippen LogP contribution >= 0.6 is 0 Å². The molecule has 136 valence electrons. The Morgan fingerprint density at radius 3 is 2.44 bits per heavy atom. The summed E-state index contributed by atoms with van der Waals surface area (Å²) < 4.78 is 13.9. The zero-order valence-corrected chi connectivity index (χ0v) is 17.4. The number of hydrogen-bond acceptors (Lipinski definition) is 2. The Morgan fingerprint density at radius 1 is 1.04 bits per heavy atom. The minimum absolute atomic E-state index is 0.246. The summed E-state index contributed by atoms with van der Waals surface area (Å²) in [7, 11) is 0.0148. The topological polar surface area (TPSA) is 23.4 Å². The summed E-state index contributed by atoms with van der Waals surface area (Å²) in [5, 5.41) is 0.246. The number of methoxy groups -OCH3 is 1. The Bertz CT molecular complexity index is 711. The van der Waals surface area contributed by atoms with Crippen LogP contribution in [0.25, 0.3) is 12.2 Å². The van der Waals surface area contributed by atoms with Gasteiger partial charge in [0, 0.05) is 24.0 Å². The van der Waals surface area contributed by atoms with Crippen LogP contribution in [-0.2, 0) is 11.0 Å². The first-order chi connectivity index (χ1) is 11.7. The zero-order valence-electron chi connectivity index (χ0n) is 16.4. The van der Waals surface area contributed by atoms with Crippen LogP contribution in [-0.4, -0.2) is 26.6 Å². The Labute approximate surface area is 153 Å². The highest BCUT2D eigenvalue weighted by Crippen LogP contribution is 2.36. The van der Waals surface area contributed by atoms with Crippen LogP contribution in [0.5, 0.6) is 5.75 Å². The third-order valence-corrected chi connectivity index (χ3v) is 9.58. The average Bonchev–Trinajstić information content (AvgIpc) is 2.99. The maximum atomic E-state index is 6.30. The largest absolute Gasteiger partial charge is 0.496 e. The first kappa shape index (κ1) is 19.5. The first-order valence-corrected chi connectivity index (χ1v) is 11.8. The fraction of sp³-hybridized carbons (Fsp3) is 0.429. The van der Waals surface area contributed by atoms with E-state index in [0.717, 1.165) is 24.5 Å². The van der Waals surface area contributed by atoms with Crippen molar-refractivity contribution in [3.05, 3.63) is 53.9 Å². The molecule has 1 heterocycles. The number of nitrogens with zero attached hydrogens (tertiary/aromatic N) is 1. The monoisotopic (exact) mass is 357 g/mol. The van der Waals surface area contributed by atoms with Gasteiger partial charge in [0.2, 0.25) is 0 Å². The lowest BCUT2D eigenvalue weighted by Crippen LogP contribution is -2.41. The number of benzene rings is 1. The van der Waals surface area contributed by atoms with Crippen LogP contribution in [0.2, 0.25) is 18.1 Å². The van der Waals surface area contributed by atoms with Crippen molar-refractivity contribution >= 4 is 20.5 Å². The second-order valence-electron chi connectivity index (χ2n) is 7.81. The van der Waals surface area contributed by atoms with Gasteiger partial charge in [-0.05, 0) is 48.5 Å². The molecule has 0 aliphatic carbocycles. The number of hydrogen-bond donors (Lipinski definition) is 0. The molecule has 1 aromatic carbocycles. The smallest absolute Gasteiger partial charge is 0.192 e. The Kier molecular flexibility index (Phi) is 6.30. The highest BCUT2D eigenvalue weighted by molar-refractivity contribution is 6.74. The summed E-state index contributed by atoms with van der Waals surface area (Å²) in [6, 6.07) is 12.2. The number of aromatic nitrogens is 1. The summed E-state index contributed by atoms with van der Waals surface area (Å²) in [4.78, 5) is 0. The third kappa shape index (κ3) is 5.09. The first-order valence-electron chi connectivity index (χ1n) is 8.85. The Hall–Kier alpha value is -1.78. The van der Waals surface area contributed by atoms with Crippen molar-refractivity contribution in [2.24, 2.45) is 0 Å². The molecule has 0 radical (unpaired) electrons. The van der Waals surface area contributed by atoms with Gasteiger partial charge in [0.15, 0.2) is 8.32 Å². The van der Waals surface area contributed by atoms with Gasteiger partial charge >= 0.3 is 0 Å². The fourth-order valence-corrected chi connectivity index (χ4v) is 3.41. The molecule has 0 aliphatic rings. The lowest BCUT2D eigenvalue weighted by Gasteiger charge is -2.36. The maximum absolute atomic E-state index is 6.30. The highest BCUT2D eigenvalue weighted by Gasteiger charge is 2.36. The van der Waals surface area contributed by atoms with Crippen LogP contribution in [0.3, 0.4) is 0 Å². The molecule has 0 unspecified atom stereocenters. The molecule has 0 fully saturated rings. The molecule has 0 bridgehead atoms. The second-order valence-corrected chi connectivity index (χ2v) is 12.6. The summed E-state index contributed by atoms with van der Waals surface area (Å²) in [6.07, 6.45) is 6.33. The Balaban J connectivity index is 2.02. The van der Waals surface area contributed by atoms with Crippen LogP contribution in [0.15, 0.2) is 42.6 Å². The van der Waals surface area contributed by atoms with Crippen molar-refractivity contribution in [1.29, 1.82) is 0 Å². The second kappa shape index (κ2) is 8.06. The van der Waals surface area contributed by atoms with Gasteiger partial charge in [0.1, 0.15) is 5.75 Å². The molecule has 2 aromatic rings. The van der Waals surface area contributed by atoms with Gasteiger partial charge < -0.3 is 13.7 Å². The molecule has 0 atom stereocenters. The SMILES string of the molecule is COc1ccccc1/C=C/c1cccn1CCO[Si](C)(C)C(C)(C)C. The lowest BCUT2D eigenvalue weighted by atomic mass is 10.2. The molecule has 25 heavy (non-hydrogen) atoms. The van der Waals surface area contributed by atoms with Crippen LogP contribution in [0.4, 0.5) is 0 Å². The van der Waals surface area contributed by atoms with E-state index in [0.29, 0.717) is 0 Å². The molecule has 0 N–H and O–H groups in total. The van der Waals surface area contributed by atoms with Crippen molar-refractivity contribution in [1.82, 2.24) is 4.57 Å². The minimum Gasteiger partial charge on any atom is -0.496 e. The summed E-state index contributed by atoms with van der Waals surface area (Å²) in [6.45, 7) is 13.0. The van der Waals surface area contributed by atoms with Gasteiger partial charge in [0.25, 0.3) is 0 Å². The van der Waals surface area contributed by atoms with E-state index < -0.39 is 8.32 Å². The molecule has 2 rings (SSSR count).